The SMILES string of the molecule is CCc1c(C)noc1NC(=O)[C@H](OC)c1ccccc1. The maximum Gasteiger partial charge on any atom is 0.260 e. The summed E-state index contributed by atoms with van der Waals surface area (Å²) in [7, 11) is 1.50. The minimum atomic E-state index is -0.675. The summed E-state index contributed by atoms with van der Waals surface area (Å²) in [5, 5.41) is 6.61. The number of aryl methyl sites for hydroxylation is 1. The second-order valence-corrected chi connectivity index (χ2v) is 4.44. The first-order valence-corrected chi connectivity index (χ1v) is 6.51. The molecule has 106 valence electrons. The van der Waals surface area contributed by atoms with Crippen LogP contribution in [0.1, 0.15) is 29.8 Å². The molecule has 2 rings (SSSR count). The van der Waals surface area contributed by atoms with Crippen molar-refractivity contribution in [2.45, 2.75) is 26.4 Å². The first-order chi connectivity index (χ1) is 9.67. The van der Waals surface area contributed by atoms with Crippen LogP contribution in [0.15, 0.2) is 34.9 Å². The minimum absolute atomic E-state index is 0.274. The van der Waals surface area contributed by atoms with Crippen LogP contribution in [0.25, 0.3) is 0 Å². The maximum absolute atomic E-state index is 12.3. The van der Waals surface area contributed by atoms with Crippen molar-refractivity contribution in [2.24, 2.45) is 0 Å². The predicted molar refractivity (Wildman–Crippen MR) is 75.4 cm³/mol. The Morgan fingerprint density at radius 2 is 2.10 bits per heavy atom. The number of amides is 1. The Labute approximate surface area is 117 Å². The van der Waals surface area contributed by atoms with Crippen LogP contribution < -0.4 is 5.32 Å². The molecule has 0 saturated heterocycles. The molecule has 0 aliphatic heterocycles. The van der Waals surface area contributed by atoms with Crippen molar-refractivity contribution in [3.63, 3.8) is 0 Å². The van der Waals surface area contributed by atoms with Gasteiger partial charge >= 0.3 is 0 Å². The molecule has 0 radical (unpaired) electrons. The van der Waals surface area contributed by atoms with Crippen molar-refractivity contribution in [3.05, 3.63) is 47.2 Å². The van der Waals surface area contributed by atoms with Gasteiger partial charge in [-0.2, -0.15) is 0 Å². The van der Waals surface area contributed by atoms with E-state index in [-0.39, 0.29) is 5.91 Å². The molecule has 0 bridgehead atoms. The normalized spacial score (nSPS) is 12.2. The number of carbonyl (C=O) groups excluding carboxylic acids is 1. The molecular formula is C15H18N2O3. The lowest BCUT2D eigenvalue weighted by Gasteiger charge is -2.14. The topological polar surface area (TPSA) is 64.4 Å². The zero-order chi connectivity index (χ0) is 14.5. The summed E-state index contributed by atoms with van der Waals surface area (Å²) in [5.74, 6) is 0.123. The number of ether oxygens (including phenoxy) is 1. The van der Waals surface area contributed by atoms with E-state index < -0.39 is 6.10 Å². The molecule has 0 unspecified atom stereocenters. The van der Waals surface area contributed by atoms with Gasteiger partial charge in [-0.1, -0.05) is 42.4 Å². The highest BCUT2D eigenvalue weighted by molar-refractivity contribution is 5.94. The monoisotopic (exact) mass is 274 g/mol. The largest absolute Gasteiger partial charge is 0.367 e. The van der Waals surface area contributed by atoms with Gasteiger partial charge in [-0.3, -0.25) is 10.1 Å². The zero-order valence-corrected chi connectivity index (χ0v) is 11.8. The molecule has 0 aliphatic rings. The number of nitrogens with one attached hydrogen (secondary N) is 1. The third-order valence-electron chi connectivity index (χ3n) is 3.15. The Morgan fingerprint density at radius 3 is 2.70 bits per heavy atom. The van der Waals surface area contributed by atoms with E-state index >= 15 is 0 Å². The lowest BCUT2D eigenvalue weighted by atomic mass is 10.1. The molecule has 0 spiro atoms. The summed E-state index contributed by atoms with van der Waals surface area (Å²) in [6, 6.07) is 9.32. The molecule has 0 saturated carbocycles. The Morgan fingerprint density at radius 1 is 1.40 bits per heavy atom. The van der Waals surface area contributed by atoms with Gasteiger partial charge in [0.25, 0.3) is 5.91 Å². The lowest BCUT2D eigenvalue weighted by Crippen LogP contribution is -2.22. The number of aromatic nitrogens is 1. The average Bonchev–Trinajstić information content (AvgIpc) is 2.81. The van der Waals surface area contributed by atoms with Crippen molar-refractivity contribution in [2.75, 3.05) is 12.4 Å². The molecule has 1 atom stereocenters. The summed E-state index contributed by atoms with van der Waals surface area (Å²) >= 11 is 0. The zero-order valence-electron chi connectivity index (χ0n) is 11.8. The predicted octanol–water partition coefficient (Wildman–Crippen LogP) is 2.87. The maximum atomic E-state index is 12.3. The fourth-order valence-corrected chi connectivity index (χ4v) is 2.10. The second-order valence-electron chi connectivity index (χ2n) is 4.44. The second kappa shape index (κ2) is 6.34. The van der Waals surface area contributed by atoms with Gasteiger partial charge < -0.3 is 9.26 Å². The Kier molecular flexibility index (Phi) is 4.53. The molecule has 0 fully saturated rings. The van der Waals surface area contributed by atoms with E-state index in [1.54, 1.807) is 0 Å². The molecule has 1 aromatic heterocycles. The van der Waals surface area contributed by atoms with Crippen LogP contribution >= 0.6 is 0 Å². The van der Waals surface area contributed by atoms with Crippen LogP contribution in [-0.2, 0) is 16.0 Å². The van der Waals surface area contributed by atoms with Crippen LogP contribution in [0.3, 0.4) is 0 Å². The number of anilines is 1. The number of nitrogens with zero attached hydrogens (tertiary/aromatic N) is 1. The van der Waals surface area contributed by atoms with Crippen LogP contribution in [0.4, 0.5) is 5.88 Å². The minimum Gasteiger partial charge on any atom is -0.367 e. The highest BCUT2D eigenvalue weighted by atomic mass is 16.5. The molecule has 5 heteroatoms. The van der Waals surface area contributed by atoms with Gasteiger partial charge in [-0.25, -0.2) is 0 Å². The molecule has 2 aromatic rings. The highest BCUT2D eigenvalue weighted by Crippen LogP contribution is 2.23. The van der Waals surface area contributed by atoms with Crippen LogP contribution in [0.2, 0.25) is 0 Å². The number of hydrogen-bond donors (Lipinski definition) is 1. The summed E-state index contributed by atoms with van der Waals surface area (Å²) in [6.45, 7) is 3.84. The smallest absolute Gasteiger partial charge is 0.260 e. The van der Waals surface area contributed by atoms with E-state index in [0.29, 0.717) is 5.88 Å². The van der Waals surface area contributed by atoms with E-state index in [1.165, 1.54) is 7.11 Å². The lowest BCUT2D eigenvalue weighted by molar-refractivity contribution is -0.126. The standard InChI is InChI=1S/C15H18N2O3/c1-4-12-10(2)17-20-15(12)16-14(18)13(19-3)11-8-6-5-7-9-11/h5-9,13H,4H2,1-3H3,(H,16,18)/t13-/m1/s1. The first-order valence-electron chi connectivity index (χ1n) is 6.51. The van der Waals surface area contributed by atoms with Gasteiger partial charge in [-0.15, -0.1) is 0 Å². The summed E-state index contributed by atoms with van der Waals surface area (Å²) in [5.41, 5.74) is 2.49. The van der Waals surface area contributed by atoms with E-state index in [1.807, 2.05) is 44.2 Å². The van der Waals surface area contributed by atoms with Crippen molar-refractivity contribution >= 4 is 11.8 Å². The van der Waals surface area contributed by atoms with Gasteiger partial charge in [-0.05, 0) is 18.9 Å². The van der Waals surface area contributed by atoms with E-state index in [0.717, 1.165) is 23.2 Å². The number of hydrogen-bond acceptors (Lipinski definition) is 4. The van der Waals surface area contributed by atoms with Gasteiger partial charge in [0, 0.05) is 12.7 Å². The van der Waals surface area contributed by atoms with E-state index in [4.69, 9.17) is 9.26 Å². The third kappa shape index (κ3) is 2.88. The van der Waals surface area contributed by atoms with Crippen LogP contribution in [0, 0.1) is 6.92 Å². The van der Waals surface area contributed by atoms with Gasteiger partial charge in [0.05, 0.1) is 5.69 Å². The summed E-state index contributed by atoms with van der Waals surface area (Å²) in [4.78, 5) is 12.3. The van der Waals surface area contributed by atoms with Crippen LogP contribution in [0.5, 0.6) is 0 Å². The Balaban J connectivity index is 2.18. The first kappa shape index (κ1) is 14.3. The van der Waals surface area contributed by atoms with Crippen molar-refractivity contribution < 1.29 is 14.1 Å². The molecule has 0 aliphatic carbocycles. The van der Waals surface area contributed by atoms with Crippen molar-refractivity contribution in [1.29, 1.82) is 0 Å². The molecule has 1 aromatic carbocycles. The molecule has 1 amide bonds. The van der Waals surface area contributed by atoms with Crippen molar-refractivity contribution in [1.82, 2.24) is 5.16 Å². The summed E-state index contributed by atoms with van der Waals surface area (Å²) < 4.78 is 10.4. The fourth-order valence-electron chi connectivity index (χ4n) is 2.10. The molecule has 1 N–H and O–H groups in total. The number of methoxy groups -OCH3 is 1. The van der Waals surface area contributed by atoms with Crippen LogP contribution in [-0.4, -0.2) is 18.2 Å². The quantitative estimate of drug-likeness (QED) is 0.910. The fraction of sp³-hybridized carbons (Fsp3) is 0.333. The van der Waals surface area contributed by atoms with Gasteiger partial charge in [0.1, 0.15) is 0 Å². The highest BCUT2D eigenvalue weighted by Gasteiger charge is 2.23. The van der Waals surface area contributed by atoms with E-state index in [9.17, 15) is 4.79 Å². The number of carbonyl (C=O) groups is 1. The Bertz CT molecular complexity index is 578. The molecule has 5 nitrogen and oxygen atoms in total. The van der Waals surface area contributed by atoms with Gasteiger partial charge in [0.2, 0.25) is 5.88 Å². The van der Waals surface area contributed by atoms with Gasteiger partial charge in [0.15, 0.2) is 6.10 Å². The average molecular weight is 274 g/mol. The Hall–Kier alpha value is -2.14. The van der Waals surface area contributed by atoms with Crippen molar-refractivity contribution in [3.8, 4) is 0 Å². The van der Waals surface area contributed by atoms with E-state index in [2.05, 4.69) is 10.5 Å². The molecular weight excluding hydrogens is 256 g/mol. The number of benzene rings is 1. The summed E-state index contributed by atoms with van der Waals surface area (Å²) in [6.07, 6.45) is 0.0693. The number of rotatable bonds is 5. The molecule has 1 heterocycles. The molecule has 20 heavy (non-hydrogen) atoms. The third-order valence-corrected chi connectivity index (χ3v) is 3.15.